The summed E-state index contributed by atoms with van der Waals surface area (Å²) in [7, 11) is -9.92. The number of rotatable bonds is 82. The summed E-state index contributed by atoms with van der Waals surface area (Å²) < 4.78 is 68.8. The van der Waals surface area contributed by atoms with E-state index in [-0.39, 0.29) is 25.7 Å². The van der Waals surface area contributed by atoms with E-state index >= 15 is 0 Å². The minimum absolute atomic E-state index is 0.106. The molecule has 0 rings (SSSR count). The molecule has 0 aromatic rings. The van der Waals surface area contributed by atoms with Crippen LogP contribution in [-0.2, 0) is 65.4 Å². The number of phosphoric acid groups is 2. The molecule has 19 heteroatoms. The predicted octanol–water partition coefficient (Wildman–Crippen LogP) is 25.3. The molecule has 0 heterocycles. The molecular formula is C84H164O17P2. The van der Waals surface area contributed by atoms with Crippen molar-refractivity contribution in [1.29, 1.82) is 0 Å². The Hall–Kier alpha value is -1.94. The highest BCUT2D eigenvalue weighted by molar-refractivity contribution is 7.47. The summed E-state index contributed by atoms with van der Waals surface area (Å²) in [6.07, 6.45) is 63.9. The maximum Gasteiger partial charge on any atom is 0.472 e. The van der Waals surface area contributed by atoms with Crippen LogP contribution in [0.1, 0.15) is 440 Å². The van der Waals surface area contributed by atoms with Gasteiger partial charge in [-0.3, -0.25) is 37.3 Å². The summed E-state index contributed by atoms with van der Waals surface area (Å²) in [6, 6.07) is 0. The molecule has 0 aliphatic carbocycles. The van der Waals surface area contributed by atoms with Gasteiger partial charge >= 0.3 is 39.5 Å². The second-order valence-electron chi connectivity index (χ2n) is 31.6. The zero-order valence-corrected chi connectivity index (χ0v) is 69.6. The van der Waals surface area contributed by atoms with E-state index < -0.39 is 97.5 Å². The van der Waals surface area contributed by atoms with Crippen LogP contribution in [0.2, 0.25) is 0 Å². The number of ether oxygens (including phenoxy) is 4. The topological polar surface area (TPSA) is 237 Å². The fourth-order valence-corrected chi connectivity index (χ4v) is 14.6. The molecule has 0 aliphatic heterocycles. The molecule has 0 bridgehead atoms. The van der Waals surface area contributed by atoms with Gasteiger partial charge < -0.3 is 33.8 Å². The average Bonchev–Trinajstić information content (AvgIpc) is 0.910. The van der Waals surface area contributed by atoms with Gasteiger partial charge in [-0.25, -0.2) is 9.13 Å². The molecule has 0 aromatic carbocycles. The van der Waals surface area contributed by atoms with Crippen LogP contribution in [-0.4, -0.2) is 96.7 Å². The first kappa shape index (κ1) is 101. The van der Waals surface area contributed by atoms with Crippen molar-refractivity contribution < 1.29 is 80.2 Å². The molecular weight excluding hydrogens is 1340 g/mol. The van der Waals surface area contributed by atoms with Crippen molar-refractivity contribution in [1.82, 2.24) is 0 Å². The Labute approximate surface area is 632 Å². The van der Waals surface area contributed by atoms with Crippen LogP contribution in [0.25, 0.3) is 0 Å². The van der Waals surface area contributed by atoms with Crippen molar-refractivity contribution in [3.63, 3.8) is 0 Å². The second kappa shape index (κ2) is 74.2. The third-order valence-electron chi connectivity index (χ3n) is 19.6. The van der Waals surface area contributed by atoms with Crippen LogP contribution in [0.3, 0.4) is 0 Å². The van der Waals surface area contributed by atoms with E-state index in [1.807, 2.05) is 0 Å². The molecule has 0 fully saturated rings. The number of phosphoric ester groups is 2. The molecule has 2 unspecified atom stereocenters. The lowest BCUT2D eigenvalue weighted by Gasteiger charge is -2.21. The highest BCUT2D eigenvalue weighted by Gasteiger charge is 2.30. The van der Waals surface area contributed by atoms with Gasteiger partial charge in [0.2, 0.25) is 0 Å². The van der Waals surface area contributed by atoms with Gasteiger partial charge in [0.05, 0.1) is 26.4 Å². The largest absolute Gasteiger partial charge is 0.472 e. The molecule has 103 heavy (non-hydrogen) atoms. The average molecular weight is 1510 g/mol. The lowest BCUT2D eigenvalue weighted by molar-refractivity contribution is -0.161. The number of aliphatic hydroxyl groups excluding tert-OH is 1. The van der Waals surface area contributed by atoms with Gasteiger partial charge in [0.25, 0.3) is 0 Å². The van der Waals surface area contributed by atoms with Gasteiger partial charge in [-0.15, -0.1) is 0 Å². The Balaban J connectivity index is 5.22. The van der Waals surface area contributed by atoms with Gasteiger partial charge in [0, 0.05) is 25.7 Å². The molecule has 0 saturated carbocycles. The SMILES string of the molecule is CCCCCCCCCCCCCC(=O)OC[C@H](COP(=O)(O)OC[C@H](O)COP(=O)(O)OC[C@@H](COC(=O)CCCCCCCCCCCCCCCCCCC(C)C)OC(=O)CCCCCCCCCCCCCCCCCCCCC(C)C)OC(=O)CCCCCCCCCCCC(C)C. The number of carbonyl (C=O) groups excluding carboxylic acids is 4. The molecule has 3 N–H and O–H groups in total. The first-order valence-corrected chi connectivity index (χ1v) is 46.3. The predicted molar refractivity (Wildman–Crippen MR) is 423 cm³/mol. The quantitative estimate of drug-likeness (QED) is 0.0222. The fourth-order valence-electron chi connectivity index (χ4n) is 13.0. The molecule has 0 amide bonds. The number of carbonyl (C=O) groups is 4. The lowest BCUT2D eigenvalue weighted by atomic mass is 10.0. The van der Waals surface area contributed by atoms with Crippen LogP contribution >= 0.6 is 15.6 Å². The Morgan fingerprint density at radius 2 is 0.447 bits per heavy atom. The second-order valence-corrected chi connectivity index (χ2v) is 34.6. The lowest BCUT2D eigenvalue weighted by Crippen LogP contribution is -2.30. The van der Waals surface area contributed by atoms with Crippen LogP contribution in [0.4, 0.5) is 0 Å². The van der Waals surface area contributed by atoms with E-state index in [0.717, 1.165) is 108 Å². The third kappa shape index (κ3) is 78.0. The Bertz CT molecular complexity index is 1990. The summed E-state index contributed by atoms with van der Waals surface area (Å²) in [6.45, 7) is 12.0. The number of hydrogen-bond acceptors (Lipinski definition) is 15. The zero-order chi connectivity index (χ0) is 75.8. The van der Waals surface area contributed by atoms with E-state index in [4.69, 9.17) is 37.0 Å². The molecule has 0 spiro atoms. The summed E-state index contributed by atoms with van der Waals surface area (Å²) in [5, 5.41) is 10.7. The van der Waals surface area contributed by atoms with Gasteiger partial charge in [-0.05, 0) is 43.4 Å². The molecule has 5 atom stereocenters. The Kier molecular flexibility index (Phi) is 72.8. The maximum atomic E-state index is 13.1. The van der Waals surface area contributed by atoms with E-state index in [9.17, 15) is 43.2 Å². The standard InChI is InChI=1S/C84H164O17P2/c1-8-9-10-11-12-13-28-37-44-51-58-65-81(86)94-72-80(101-84(89)68-61-54-47-40-33-36-43-50-57-64-77(6)7)74-99-103(92,93)97-70-78(85)69-96-102(90,91)98-73-79(71-95-82(87)66-59-52-45-38-31-26-22-19-18-21-25-30-35-42-49-56-63-76(4)5)100-83(88)67-60-53-46-39-32-27-23-17-15-14-16-20-24-29-34-41-48-55-62-75(2)3/h75-80,85H,8-74H2,1-7H3,(H,90,91)(H,92,93)/t78-,79-,80-/m1/s1. The first-order chi connectivity index (χ1) is 49.7. The molecule has 612 valence electrons. The van der Waals surface area contributed by atoms with Crippen molar-refractivity contribution in [3.05, 3.63) is 0 Å². The molecule has 0 aliphatic rings. The minimum Gasteiger partial charge on any atom is -0.462 e. The van der Waals surface area contributed by atoms with Crippen LogP contribution in [0.15, 0.2) is 0 Å². The van der Waals surface area contributed by atoms with E-state index in [2.05, 4.69) is 48.5 Å². The van der Waals surface area contributed by atoms with Gasteiger partial charge in [-0.1, -0.05) is 389 Å². The van der Waals surface area contributed by atoms with E-state index in [1.54, 1.807) is 0 Å². The van der Waals surface area contributed by atoms with Crippen molar-refractivity contribution >= 4 is 39.5 Å². The number of aliphatic hydroxyl groups is 1. The number of esters is 4. The summed E-state index contributed by atoms with van der Waals surface area (Å²) >= 11 is 0. The molecule has 0 aromatic heterocycles. The summed E-state index contributed by atoms with van der Waals surface area (Å²) in [5.41, 5.74) is 0. The zero-order valence-electron chi connectivity index (χ0n) is 67.8. The van der Waals surface area contributed by atoms with E-state index in [0.29, 0.717) is 25.7 Å². The number of unbranched alkanes of at least 4 members (excludes halogenated alkanes) is 50. The van der Waals surface area contributed by atoms with Crippen molar-refractivity contribution in [2.45, 2.75) is 458 Å². The third-order valence-corrected chi connectivity index (χ3v) is 21.5. The fraction of sp³-hybridized carbons (Fsp3) is 0.952. The van der Waals surface area contributed by atoms with E-state index in [1.165, 1.54) is 250 Å². The Morgan fingerprint density at radius 3 is 0.660 bits per heavy atom. The van der Waals surface area contributed by atoms with Gasteiger partial charge in [0.15, 0.2) is 12.2 Å². The molecule has 17 nitrogen and oxygen atoms in total. The molecule has 0 radical (unpaired) electrons. The highest BCUT2D eigenvalue weighted by atomic mass is 31.2. The highest BCUT2D eigenvalue weighted by Crippen LogP contribution is 2.45. The summed E-state index contributed by atoms with van der Waals surface area (Å²) in [5.74, 6) is 0.262. The minimum atomic E-state index is -4.96. The maximum absolute atomic E-state index is 13.1. The normalized spacial score (nSPS) is 13.9. The smallest absolute Gasteiger partial charge is 0.462 e. The first-order valence-electron chi connectivity index (χ1n) is 43.3. The van der Waals surface area contributed by atoms with Crippen molar-refractivity contribution in [3.8, 4) is 0 Å². The summed E-state index contributed by atoms with van der Waals surface area (Å²) in [4.78, 5) is 73.1. The van der Waals surface area contributed by atoms with Crippen LogP contribution < -0.4 is 0 Å². The number of hydrogen-bond donors (Lipinski definition) is 3. The van der Waals surface area contributed by atoms with Crippen molar-refractivity contribution in [2.24, 2.45) is 17.8 Å². The van der Waals surface area contributed by atoms with Gasteiger partial charge in [0.1, 0.15) is 19.3 Å². The monoisotopic (exact) mass is 1510 g/mol. The Morgan fingerprint density at radius 1 is 0.262 bits per heavy atom. The van der Waals surface area contributed by atoms with Gasteiger partial charge in [-0.2, -0.15) is 0 Å². The molecule has 0 saturated heterocycles. The van der Waals surface area contributed by atoms with Crippen LogP contribution in [0.5, 0.6) is 0 Å². The van der Waals surface area contributed by atoms with Crippen molar-refractivity contribution in [2.75, 3.05) is 39.6 Å². The van der Waals surface area contributed by atoms with Crippen LogP contribution in [0, 0.1) is 17.8 Å².